The number of hydrogen-bond acceptors (Lipinski definition) is 3. The molecule has 31 heavy (non-hydrogen) atoms. The van der Waals surface area contributed by atoms with Crippen molar-refractivity contribution in [3.05, 3.63) is 106 Å². The molecule has 0 saturated heterocycles. The fourth-order valence-electron chi connectivity index (χ4n) is 4.05. The Labute approximate surface area is 188 Å². The van der Waals surface area contributed by atoms with Crippen molar-refractivity contribution in [2.45, 2.75) is 39.1 Å². The Morgan fingerprint density at radius 1 is 0.839 bits per heavy atom. The van der Waals surface area contributed by atoms with Crippen molar-refractivity contribution in [2.24, 2.45) is 0 Å². The Morgan fingerprint density at radius 2 is 1.48 bits per heavy atom. The van der Waals surface area contributed by atoms with E-state index in [1.165, 1.54) is 16.7 Å². The number of nitrogens with zero attached hydrogens (tertiary/aromatic N) is 1. The predicted molar refractivity (Wildman–Crippen MR) is 131 cm³/mol. The molecule has 0 bridgehead atoms. The second-order valence-corrected chi connectivity index (χ2v) is 9.12. The Hall–Kier alpha value is -2.91. The molecule has 0 radical (unpaired) electrons. The van der Waals surface area contributed by atoms with Gasteiger partial charge in [-0.3, -0.25) is 4.79 Å². The lowest BCUT2D eigenvalue weighted by Crippen LogP contribution is -2.10. The van der Waals surface area contributed by atoms with Gasteiger partial charge in [0.05, 0.1) is 11.3 Å². The number of carbonyl (C=O) groups excluding carboxylic acids is 1. The fraction of sp³-hybridized carbons (Fsp3) is 0.214. The summed E-state index contributed by atoms with van der Waals surface area (Å²) in [6.45, 7) is 8.26. The van der Waals surface area contributed by atoms with E-state index in [0.29, 0.717) is 5.75 Å². The predicted octanol–water partition coefficient (Wildman–Crippen LogP) is 7.03. The van der Waals surface area contributed by atoms with E-state index in [-0.39, 0.29) is 5.78 Å². The molecular formula is C28H27NOS. The maximum Gasteiger partial charge on any atom is 0.173 e. The van der Waals surface area contributed by atoms with E-state index in [2.05, 4.69) is 70.2 Å². The summed E-state index contributed by atoms with van der Waals surface area (Å²) in [7, 11) is 0. The zero-order chi connectivity index (χ0) is 22.0. The number of fused-ring (bicyclic) bond motifs is 1. The summed E-state index contributed by atoms with van der Waals surface area (Å²) < 4.78 is 0. The van der Waals surface area contributed by atoms with Crippen LogP contribution >= 0.6 is 11.8 Å². The third kappa shape index (κ3) is 4.57. The summed E-state index contributed by atoms with van der Waals surface area (Å²) >= 11 is 1.55. The van der Waals surface area contributed by atoms with E-state index in [1.807, 2.05) is 24.3 Å². The van der Waals surface area contributed by atoms with Crippen molar-refractivity contribution in [3.8, 4) is 0 Å². The van der Waals surface area contributed by atoms with Crippen LogP contribution in [-0.2, 0) is 6.42 Å². The van der Waals surface area contributed by atoms with Gasteiger partial charge in [-0.25, -0.2) is 4.98 Å². The lowest BCUT2D eigenvalue weighted by molar-refractivity contribution is 0.102. The van der Waals surface area contributed by atoms with Crippen LogP contribution in [0.1, 0.15) is 43.7 Å². The van der Waals surface area contributed by atoms with Gasteiger partial charge in [-0.2, -0.15) is 0 Å². The largest absolute Gasteiger partial charge is 0.293 e. The first-order chi connectivity index (χ1) is 14.9. The summed E-state index contributed by atoms with van der Waals surface area (Å²) in [5.41, 5.74) is 8.76. The van der Waals surface area contributed by atoms with Crippen LogP contribution < -0.4 is 0 Å². The number of Topliss-reactive ketones (excluding diaryl/α,β-unsaturated/α-hetero) is 1. The van der Waals surface area contributed by atoms with Gasteiger partial charge in [0.1, 0.15) is 5.03 Å². The first kappa shape index (κ1) is 21.3. The third-order valence-corrected chi connectivity index (χ3v) is 7.02. The molecule has 0 aliphatic carbocycles. The van der Waals surface area contributed by atoms with Crippen molar-refractivity contribution in [3.63, 3.8) is 0 Å². The van der Waals surface area contributed by atoms with E-state index in [1.54, 1.807) is 11.8 Å². The van der Waals surface area contributed by atoms with Crippen LogP contribution in [-0.4, -0.2) is 16.5 Å². The molecule has 3 aromatic carbocycles. The number of aryl methyl sites for hydroxylation is 2. The molecule has 1 aromatic heterocycles. The second kappa shape index (κ2) is 9.07. The summed E-state index contributed by atoms with van der Waals surface area (Å²) in [5, 5.41) is 2.07. The highest BCUT2D eigenvalue weighted by Gasteiger charge is 2.17. The van der Waals surface area contributed by atoms with Crippen molar-refractivity contribution in [2.75, 3.05) is 5.75 Å². The van der Waals surface area contributed by atoms with Crippen LogP contribution in [0.3, 0.4) is 0 Å². The number of para-hydroxylation sites is 1. The average Bonchev–Trinajstić information content (AvgIpc) is 2.77. The topological polar surface area (TPSA) is 30.0 Å². The summed E-state index contributed by atoms with van der Waals surface area (Å²) in [4.78, 5) is 18.2. The molecule has 1 heterocycles. The molecular weight excluding hydrogens is 398 g/mol. The lowest BCUT2D eigenvalue weighted by atomic mass is 9.92. The molecule has 4 rings (SSSR count). The number of thioether (sulfide) groups is 1. The number of carbonyl (C=O) groups is 1. The van der Waals surface area contributed by atoms with E-state index < -0.39 is 0 Å². The van der Waals surface area contributed by atoms with Crippen LogP contribution in [0, 0.1) is 27.7 Å². The van der Waals surface area contributed by atoms with Crippen LogP contribution in [0.4, 0.5) is 0 Å². The monoisotopic (exact) mass is 425 g/mol. The molecule has 0 spiro atoms. The number of ketones is 1. The highest BCUT2D eigenvalue weighted by molar-refractivity contribution is 8.00. The van der Waals surface area contributed by atoms with E-state index in [4.69, 9.17) is 4.98 Å². The number of rotatable bonds is 6. The molecule has 0 aliphatic heterocycles. The van der Waals surface area contributed by atoms with Gasteiger partial charge in [0.25, 0.3) is 0 Å². The second-order valence-electron chi connectivity index (χ2n) is 8.15. The Morgan fingerprint density at radius 3 is 2.19 bits per heavy atom. The number of benzene rings is 3. The van der Waals surface area contributed by atoms with Gasteiger partial charge in [0.2, 0.25) is 0 Å². The number of pyridine rings is 1. The van der Waals surface area contributed by atoms with Crippen LogP contribution in [0.25, 0.3) is 10.9 Å². The molecule has 0 N–H and O–H groups in total. The maximum absolute atomic E-state index is 13.2. The van der Waals surface area contributed by atoms with E-state index in [0.717, 1.165) is 44.6 Å². The smallest absolute Gasteiger partial charge is 0.173 e. The Balaban J connectivity index is 1.66. The fourth-order valence-corrected chi connectivity index (χ4v) is 4.94. The first-order valence-corrected chi connectivity index (χ1v) is 11.6. The maximum atomic E-state index is 13.2. The highest BCUT2D eigenvalue weighted by Crippen LogP contribution is 2.29. The zero-order valence-electron chi connectivity index (χ0n) is 18.5. The van der Waals surface area contributed by atoms with Crippen molar-refractivity contribution in [1.29, 1.82) is 0 Å². The normalized spacial score (nSPS) is 11.1. The standard InChI is InChI=1S/C28H27NOS/c1-18-14-19(2)21(4)27(20(18)3)26(30)17-31-28-24(15-22-10-6-5-7-11-22)16-23-12-8-9-13-25(23)29-28/h5-14,16H,15,17H2,1-4H3. The van der Waals surface area contributed by atoms with Crippen LogP contribution in [0.2, 0.25) is 0 Å². The highest BCUT2D eigenvalue weighted by atomic mass is 32.2. The summed E-state index contributed by atoms with van der Waals surface area (Å²) in [6, 6.07) is 23.0. The van der Waals surface area contributed by atoms with E-state index in [9.17, 15) is 4.79 Å². The molecule has 0 aliphatic rings. The van der Waals surface area contributed by atoms with Gasteiger partial charge in [-0.15, -0.1) is 0 Å². The average molecular weight is 426 g/mol. The molecule has 0 amide bonds. The van der Waals surface area contributed by atoms with Gasteiger partial charge in [0, 0.05) is 17.4 Å². The SMILES string of the molecule is Cc1cc(C)c(C)c(C(=O)CSc2nc3ccccc3cc2Cc2ccccc2)c1C. The summed E-state index contributed by atoms with van der Waals surface area (Å²) in [6.07, 6.45) is 0.802. The third-order valence-electron chi connectivity index (χ3n) is 5.99. The first-order valence-electron chi connectivity index (χ1n) is 10.6. The zero-order valence-corrected chi connectivity index (χ0v) is 19.3. The van der Waals surface area contributed by atoms with Crippen LogP contribution in [0.5, 0.6) is 0 Å². The van der Waals surface area contributed by atoms with Gasteiger partial charge in [0.15, 0.2) is 5.78 Å². The molecule has 0 atom stereocenters. The van der Waals surface area contributed by atoms with E-state index >= 15 is 0 Å². The van der Waals surface area contributed by atoms with Gasteiger partial charge in [-0.05, 0) is 73.2 Å². The molecule has 2 nitrogen and oxygen atoms in total. The molecule has 156 valence electrons. The Bertz CT molecular complexity index is 1230. The van der Waals surface area contributed by atoms with Gasteiger partial charge < -0.3 is 0 Å². The molecule has 3 heteroatoms. The lowest BCUT2D eigenvalue weighted by Gasteiger charge is -2.15. The quantitative estimate of drug-likeness (QED) is 0.245. The van der Waals surface area contributed by atoms with Gasteiger partial charge in [-0.1, -0.05) is 66.4 Å². The van der Waals surface area contributed by atoms with Crippen LogP contribution in [0.15, 0.2) is 71.8 Å². The Kier molecular flexibility index (Phi) is 6.24. The molecule has 0 unspecified atom stereocenters. The van der Waals surface area contributed by atoms with Crippen molar-refractivity contribution < 1.29 is 4.79 Å². The minimum Gasteiger partial charge on any atom is -0.293 e. The molecule has 0 saturated carbocycles. The molecule has 0 fully saturated rings. The van der Waals surface area contributed by atoms with Crippen molar-refractivity contribution in [1.82, 2.24) is 4.98 Å². The minimum absolute atomic E-state index is 0.174. The molecule has 4 aromatic rings. The number of aromatic nitrogens is 1. The van der Waals surface area contributed by atoms with Crippen molar-refractivity contribution >= 4 is 28.4 Å². The van der Waals surface area contributed by atoms with Gasteiger partial charge >= 0.3 is 0 Å². The number of hydrogen-bond donors (Lipinski definition) is 0. The summed E-state index contributed by atoms with van der Waals surface area (Å²) in [5.74, 6) is 0.560. The minimum atomic E-state index is 0.174.